The topological polar surface area (TPSA) is 78.9 Å². The molecule has 114 valence electrons. The van der Waals surface area contributed by atoms with E-state index >= 15 is 0 Å². The van der Waals surface area contributed by atoms with Gasteiger partial charge in [0.1, 0.15) is 5.41 Å². The highest BCUT2D eigenvalue weighted by Crippen LogP contribution is 2.29. The Balaban J connectivity index is 2.09. The first kappa shape index (κ1) is 15.3. The Labute approximate surface area is 123 Å². The monoisotopic (exact) mass is 292 g/mol. The van der Waals surface area contributed by atoms with Gasteiger partial charge in [-0.25, -0.2) is 4.79 Å². The number of anilines is 1. The molecule has 0 radical (unpaired) electrons. The molecule has 0 bridgehead atoms. The molecule has 6 nitrogen and oxygen atoms in total. The minimum atomic E-state index is -1.09. The van der Waals surface area contributed by atoms with Gasteiger partial charge in [-0.15, -0.1) is 0 Å². The summed E-state index contributed by atoms with van der Waals surface area (Å²) >= 11 is 0. The Kier molecular flexibility index (Phi) is 4.18. The van der Waals surface area contributed by atoms with E-state index in [1.165, 1.54) is 4.90 Å². The molecule has 1 fully saturated rings. The number of benzene rings is 1. The summed E-state index contributed by atoms with van der Waals surface area (Å²) in [5.41, 5.74) is 0.707. The molecular weight excluding hydrogens is 272 g/mol. The van der Waals surface area contributed by atoms with E-state index in [1.54, 1.807) is 14.0 Å². The molecule has 0 spiro atoms. The number of carbonyl (C=O) groups excluding carboxylic acids is 1. The van der Waals surface area contributed by atoms with E-state index in [4.69, 9.17) is 4.74 Å². The van der Waals surface area contributed by atoms with Crippen LogP contribution in [0.4, 0.5) is 10.5 Å². The summed E-state index contributed by atoms with van der Waals surface area (Å²) in [4.78, 5) is 25.1. The third kappa shape index (κ3) is 3.00. The van der Waals surface area contributed by atoms with Crippen LogP contribution in [0.5, 0.6) is 0 Å². The highest BCUT2D eigenvalue weighted by atomic mass is 16.5. The largest absolute Gasteiger partial charge is 0.481 e. The molecular formula is C15H20N2O4. The van der Waals surface area contributed by atoms with Gasteiger partial charge in [-0.1, -0.05) is 12.1 Å². The van der Waals surface area contributed by atoms with Crippen molar-refractivity contribution in [1.82, 2.24) is 5.32 Å². The van der Waals surface area contributed by atoms with Gasteiger partial charge in [-0.2, -0.15) is 0 Å². The van der Waals surface area contributed by atoms with Crippen molar-refractivity contribution in [2.75, 3.05) is 25.2 Å². The van der Waals surface area contributed by atoms with Gasteiger partial charge in [0.25, 0.3) is 0 Å². The molecule has 0 saturated carbocycles. The number of amides is 2. The van der Waals surface area contributed by atoms with E-state index in [1.807, 2.05) is 31.2 Å². The van der Waals surface area contributed by atoms with Crippen LogP contribution >= 0.6 is 0 Å². The highest BCUT2D eigenvalue weighted by Gasteiger charge is 2.47. The molecule has 0 aliphatic carbocycles. The lowest BCUT2D eigenvalue weighted by Gasteiger charge is -2.28. The average Bonchev–Trinajstić information content (AvgIpc) is 2.80. The summed E-state index contributed by atoms with van der Waals surface area (Å²) in [5.74, 6) is -0.969. The van der Waals surface area contributed by atoms with Crippen LogP contribution < -0.4 is 10.2 Å². The van der Waals surface area contributed by atoms with Crippen LogP contribution in [0, 0.1) is 12.3 Å². The molecule has 2 rings (SSSR count). The van der Waals surface area contributed by atoms with Gasteiger partial charge < -0.3 is 15.2 Å². The second-order valence-electron chi connectivity index (χ2n) is 5.64. The number of carbonyl (C=O) groups is 2. The lowest BCUT2D eigenvalue weighted by molar-refractivity contribution is -0.148. The van der Waals surface area contributed by atoms with Crippen molar-refractivity contribution in [2.24, 2.45) is 5.41 Å². The Hall–Kier alpha value is -2.08. The van der Waals surface area contributed by atoms with E-state index < -0.39 is 17.4 Å². The fourth-order valence-electron chi connectivity index (χ4n) is 2.28. The number of nitrogens with one attached hydrogen (secondary N) is 1. The van der Waals surface area contributed by atoms with Crippen LogP contribution in [-0.2, 0) is 9.53 Å². The first-order valence-corrected chi connectivity index (χ1v) is 6.76. The van der Waals surface area contributed by atoms with Gasteiger partial charge in [0.15, 0.2) is 0 Å². The minimum Gasteiger partial charge on any atom is -0.481 e. The first-order chi connectivity index (χ1) is 9.84. The molecule has 1 aromatic carbocycles. The number of ether oxygens (including phenoxy) is 1. The van der Waals surface area contributed by atoms with Gasteiger partial charge in [-0.3, -0.25) is 9.69 Å². The number of nitrogens with zero attached hydrogens (tertiary/aromatic N) is 1. The minimum absolute atomic E-state index is 0.0987. The van der Waals surface area contributed by atoms with Crippen LogP contribution in [0.2, 0.25) is 0 Å². The van der Waals surface area contributed by atoms with Crippen LogP contribution in [0.1, 0.15) is 12.5 Å². The third-order valence-electron chi connectivity index (χ3n) is 3.94. The molecule has 1 aromatic rings. The molecule has 2 N–H and O–H groups in total. The Morgan fingerprint density at radius 2 is 2.19 bits per heavy atom. The van der Waals surface area contributed by atoms with Crippen molar-refractivity contribution in [3.05, 3.63) is 29.8 Å². The lowest BCUT2D eigenvalue weighted by Crippen LogP contribution is -2.52. The average molecular weight is 292 g/mol. The quantitative estimate of drug-likeness (QED) is 0.887. The van der Waals surface area contributed by atoms with Gasteiger partial charge >= 0.3 is 12.0 Å². The van der Waals surface area contributed by atoms with Crippen molar-refractivity contribution in [3.8, 4) is 0 Å². The number of carboxylic acid groups (broad SMARTS) is 1. The van der Waals surface area contributed by atoms with E-state index in [2.05, 4.69) is 5.32 Å². The van der Waals surface area contributed by atoms with E-state index in [9.17, 15) is 14.7 Å². The number of urea groups is 1. The zero-order valence-electron chi connectivity index (χ0n) is 12.4. The van der Waals surface area contributed by atoms with Crippen molar-refractivity contribution < 1.29 is 19.4 Å². The van der Waals surface area contributed by atoms with Crippen molar-refractivity contribution in [1.29, 1.82) is 0 Å². The molecule has 21 heavy (non-hydrogen) atoms. The van der Waals surface area contributed by atoms with Crippen LogP contribution in [-0.4, -0.2) is 43.4 Å². The molecule has 2 amide bonds. The first-order valence-electron chi connectivity index (χ1n) is 6.76. The smallest absolute Gasteiger partial charge is 0.321 e. The number of aryl methyl sites for hydroxylation is 1. The fourth-order valence-corrected chi connectivity index (χ4v) is 2.28. The molecule has 0 aromatic heterocycles. The number of rotatable bonds is 3. The summed E-state index contributed by atoms with van der Waals surface area (Å²) in [6.07, 6.45) is 0. The second kappa shape index (κ2) is 5.73. The maximum absolute atomic E-state index is 12.3. The summed E-state index contributed by atoms with van der Waals surface area (Å²) < 4.78 is 5.23. The SMILES string of the molecule is Cc1cccc(N(C)C(=O)NC2COCC2(C)C(=O)O)c1. The second-order valence-corrected chi connectivity index (χ2v) is 5.64. The van der Waals surface area contributed by atoms with E-state index in [-0.39, 0.29) is 19.2 Å². The molecule has 6 heteroatoms. The third-order valence-corrected chi connectivity index (χ3v) is 3.94. The number of hydrogen-bond acceptors (Lipinski definition) is 3. The Bertz CT molecular complexity index is 560. The molecule has 1 aliphatic rings. The molecule has 2 unspecified atom stereocenters. The predicted molar refractivity (Wildman–Crippen MR) is 78.5 cm³/mol. The Morgan fingerprint density at radius 1 is 1.48 bits per heavy atom. The summed E-state index contributed by atoms with van der Waals surface area (Å²) in [6, 6.07) is 6.64. The van der Waals surface area contributed by atoms with Gasteiger partial charge in [-0.05, 0) is 31.5 Å². The number of carboxylic acids is 1. The van der Waals surface area contributed by atoms with Crippen molar-refractivity contribution in [2.45, 2.75) is 19.9 Å². The zero-order valence-corrected chi connectivity index (χ0v) is 12.4. The van der Waals surface area contributed by atoms with E-state index in [0.29, 0.717) is 0 Å². The van der Waals surface area contributed by atoms with Gasteiger partial charge in [0.2, 0.25) is 0 Å². The zero-order chi connectivity index (χ0) is 15.6. The van der Waals surface area contributed by atoms with Crippen molar-refractivity contribution >= 4 is 17.7 Å². The van der Waals surface area contributed by atoms with Crippen LogP contribution in [0.3, 0.4) is 0 Å². The predicted octanol–water partition coefficient (Wildman–Crippen LogP) is 1.63. The summed E-state index contributed by atoms with van der Waals surface area (Å²) in [5, 5.41) is 12.1. The van der Waals surface area contributed by atoms with Gasteiger partial charge in [0, 0.05) is 12.7 Å². The fraction of sp³-hybridized carbons (Fsp3) is 0.467. The summed E-state index contributed by atoms with van der Waals surface area (Å²) in [7, 11) is 1.65. The number of hydrogen-bond donors (Lipinski definition) is 2. The Morgan fingerprint density at radius 3 is 2.81 bits per heavy atom. The molecule has 1 aliphatic heterocycles. The highest BCUT2D eigenvalue weighted by molar-refractivity contribution is 5.92. The number of aliphatic carboxylic acids is 1. The standard InChI is InChI=1S/C15H20N2O4/c1-10-5-4-6-11(7-10)17(3)14(20)16-12-8-21-9-15(12,2)13(18)19/h4-7,12H,8-9H2,1-3H3,(H,16,20)(H,18,19). The van der Waals surface area contributed by atoms with Crippen LogP contribution in [0.25, 0.3) is 0 Å². The molecule has 1 heterocycles. The maximum Gasteiger partial charge on any atom is 0.321 e. The van der Waals surface area contributed by atoms with Crippen LogP contribution in [0.15, 0.2) is 24.3 Å². The van der Waals surface area contributed by atoms with Crippen molar-refractivity contribution in [3.63, 3.8) is 0 Å². The lowest BCUT2D eigenvalue weighted by atomic mass is 9.85. The maximum atomic E-state index is 12.3. The molecule has 1 saturated heterocycles. The normalized spacial score (nSPS) is 24.6. The molecule has 2 atom stereocenters. The van der Waals surface area contributed by atoms with E-state index in [0.717, 1.165) is 11.3 Å². The summed E-state index contributed by atoms with van der Waals surface area (Å²) in [6.45, 7) is 3.83. The van der Waals surface area contributed by atoms with Gasteiger partial charge in [0.05, 0.1) is 19.3 Å².